The number of amides is 2. The Labute approximate surface area is 183 Å². The second kappa shape index (κ2) is 9.69. The van der Waals surface area contributed by atoms with Gasteiger partial charge >= 0.3 is 0 Å². The van der Waals surface area contributed by atoms with Gasteiger partial charge in [0.2, 0.25) is 10.0 Å². The lowest BCUT2D eigenvalue weighted by Gasteiger charge is -2.11. The van der Waals surface area contributed by atoms with Gasteiger partial charge in [-0.15, -0.1) is 0 Å². The van der Waals surface area contributed by atoms with Crippen molar-refractivity contribution in [3.63, 3.8) is 0 Å². The van der Waals surface area contributed by atoms with Crippen LogP contribution < -0.4 is 15.6 Å². The van der Waals surface area contributed by atoms with E-state index in [2.05, 4.69) is 15.6 Å². The first-order chi connectivity index (χ1) is 14.8. The maximum Gasteiger partial charge on any atom is 0.269 e. The number of carbonyl (C=O) groups is 2. The Morgan fingerprint density at radius 2 is 1.42 bits per heavy atom. The van der Waals surface area contributed by atoms with Gasteiger partial charge in [-0.2, -0.15) is 0 Å². The standard InChI is InChI=1S/C21H17ClFN3O4S/c22-18-11-8-16(21(28)26-25-20(27)15-6-9-17(23)10-7-15)12-19(18)31(29,30)24-13-14-4-2-1-3-5-14/h1-12,24H,13H2,(H,25,27)(H,26,28). The van der Waals surface area contributed by atoms with Gasteiger partial charge in [0.15, 0.2) is 0 Å². The third-order valence-electron chi connectivity index (χ3n) is 4.19. The third kappa shape index (κ3) is 5.88. The molecule has 0 bridgehead atoms. The Morgan fingerprint density at radius 3 is 2.06 bits per heavy atom. The Morgan fingerprint density at radius 1 is 0.839 bits per heavy atom. The molecule has 0 saturated carbocycles. The molecule has 0 aliphatic carbocycles. The molecule has 31 heavy (non-hydrogen) atoms. The molecule has 0 spiro atoms. The number of benzene rings is 3. The highest BCUT2D eigenvalue weighted by Crippen LogP contribution is 2.23. The Balaban J connectivity index is 1.69. The van der Waals surface area contributed by atoms with Crippen LogP contribution in [0.4, 0.5) is 4.39 Å². The van der Waals surface area contributed by atoms with Gasteiger partial charge in [-0.25, -0.2) is 17.5 Å². The van der Waals surface area contributed by atoms with Crippen LogP contribution in [0.2, 0.25) is 5.02 Å². The summed E-state index contributed by atoms with van der Waals surface area (Å²) in [6.07, 6.45) is 0. The van der Waals surface area contributed by atoms with E-state index >= 15 is 0 Å². The molecule has 0 aliphatic heterocycles. The van der Waals surface area contributed by atoms with Gasteiger partial charge < -0.3 is 0 Å². The van der Waals surface area contributed by atoms with E-state index in [1.807, 2.05) is 6.07 Å². The predicted molar refractivity (Wildman–Crippen MR) is 113 cm³/mol. The van der Waals surface area contributed by atoms with Crippen LogP contribution in [0.1, 0.15) is 26.3 Å². The summed E-state index contributed by atoms with van der Waals surface area (Å²) in [6.45, 7) is 0.0453. The van der Waals surface area contributed by atoms with Gasteiger partial charge in [-0.3, -0.25) is 20.4 Å². The van der Waals surface area contributed by atoms with Crippen molar-refractivity contribution in [3.05, 3.63) is 100 Å². The van der Waals surface area contributed by atoms with Gasteiger partial charge in [0.05, 0.1) is 5.02 Å². The van der Waals surface area contributed by atoms with E-state index in [-0.39, 0.29) is 27.6 Å². The highest BCUT2D eigenvalue weighted by atomic mass is 35.5. The highest BCUT2D eigenvalue weighted by molar-refractivity contribution is 7.89. The summed E-state index contributed by atoms with van der Waals surface area (Å²) in [5.74, 6) is -1.93. The minimum Gasteiger partial charge on any atom is -0.267 e. The Kier molecular flexibility index (Phi) is 7.01. The van der Waals surface area contributed by atoms with Gasteiger partial charge in [0.1, 0.15) is 10.7 Å². The lowest BCUT2D eigenvalue weighted by Crippen LogP contribution is -2.41. The van der Waals surface area contributed by atoms with Crippen LogP contribution in [0.3, 0.4) is 0 Å². The van der Waals surface area contributed by atoms with Crippen LogP contribution in [-0.2, 0) is 16.6 Å². The first-order valence-corrected chi connectivity index (χ1v) is 10.8. The number of nitrogens with one attached hydrogen (secondary N) is 3. The Hall–Kier alpha value is -3.27. The summed E-state index contributed by atoms with van der Waals surface area (Å²) in [5.41, 5.74) is 5.20. The lowest BCUT2D eigenvalue weighted by molar-refractivity contribution is 0.0846. The summed E-state index contributed by atoms with van der Waals surface area (Å²) in [7, 11) is -4.01. The van der Waals surface area contributed by atoms with E-state index in [1.54, 1.807) is 24.3 Å². The van der Waals surface area contributed by atoms with E-state index in [4.69, 9.17) is 11.6 Å². The van der Waals surface area contributed by atoms with E-state index in [0.717, 1.165) is 23.8 Å². The molecule has 160 valence electrons. The monoisotopic (exact) mass is 461 g/mol. The van der Waals surface area contributed by atoms with Crippen LogP contribution in [0.5, 0.6) is 0 Å². The maximum absolute atomic E-state index is 12.9. The first kappa shape index (κ1) is 22.4. The quantitative estimate of drug-likeness (QED) is 0.491. The molecule has 0 heterocycles. The fourth-order valence-corrected chi connectivity index (χ4v) is 4.10. The zero-order valence-electron chi connectivity index (χ0n) is 15.9. The molecule has 3 rings (SSSR count). The number of carbonyl (C=O) groups excluding carboxylic acids is 2. The number of sulfonamides is 1. The molecule has 3 N–H and O–H groups in total. The Bertz CT molecular complexity index is 1200. The van der Waals surface area contributed by atoms with Crippen molar-refractivity contribution in [1.29, 1.82) is 0 Å². The first-order valence-electron chi connectivity index (χ1n) is 8.95. The number of hydrogen-bond acceptors (Lipinski definition) is 4. The van der Waals surface area contributed by atoms with E-state index in [1.165, 1.54) is 24.3 Å². The van der Waals surface area contributed by atoms with Crippen molar-refractivity contribution in [2.75, 3.05) is 0 Å². The average Bonchev–Trinajstić information content (AvgIpc) is 2.77. The predicted octanol–water partition coefficient (Wildman–Crippen LogP) is 3.03. The minimum absolute atomic E-state index is 0.0381. The fourth-order valence-electron chi connectivity index (χ4n) is 2.56. The molecule has 0 unspecified atom stereocenters. The van der Waals surface area contributed by atoms with E-state index < -0.39 is 27.7 Å². The van der Waals surface area contributed by atoms with Crippen LogP contribution in [0.25, 0.3) is 0 Å². The maximum atomic E-state index is 12.9. The molecule has 0 atom stereocenters. The van der Waals surface area contributed by atoms with E-state index in [9.17, 15) is 22.4 Å². The molecule has 0 saturated heterocycles. The SMILES string of the molecule is O=C(NNC(=O)c1ccc(Cl)c(S(=O)(=O)NCc2ccccc2)c1)c1ccc(F)cc1. The van der Waals surface area contributed by atoms with Crippen molar-refractivity contribution < 1.29 is 22.4 Å². The smallest absolute Gasteiger partial charge is 0.267 e. The number of rotatable bonds is 6. The van der Waals surface area contributed by atoms with Gasteiger partial charge in [-0.1, -0.05) is 41.9 Å². The molecule has 0 radical (unpaired) electrons. The minimum atomic E-state index is -4.01. The van der Waals surface area contributed by atoms with Crippen LogP contribution in [0.15, 0.2) is 77.7 Å². The van der Waals surface area contributed by atoms with E-state index in [0.29, 0.717) is 0 Å². The summed E-state index contributed by atoms with van der Waals surface area (Å²) < 4.78 is 40.7. The molecule has 7 nitrogen and oxygen atoms in total. The average molecular weight is 462 g/mol. The molecule has 3 aromatic carbocycles. The molecular formula is C21H17ClFN3O4S. The lowest BCUT2D eigenvalue weighted by atomic mass is 10.2. The van der Waals surface area contributed by atoms with Crippen molar-refractivity contribution in [1.82, 2.24) is 15.6 Å². The largest absolute Gasteiger partial charge is 0.269 e. The topological polar surface area (TPSA) is 104 Å². The fraction of sp³-hybridized carbons (Fsp3) is 0.0476. The highest BCUT2D eigenvalue weighted by Gasteiger charge is 2.20. The van der Waals surface area contributed by atoms with Crippen molar-refractivity contribution >= 4 is 33.4 Å². The summed E-state index contributed by atoms with van der Waals surface area (Å²) in [4.78, 5) is 24.1. The van der Waals surface area contributed by atoms with Crippen molar-refractivity contribution in [2.45, 2.75) is 11.4 Å². The van der Waals surface area contributed by atoms with Crippen LogP contribution in [0, 0.1) is 5.82 Å². The normalized spacial score (nSPS) is 11.0. The van der Waals surface area contributed by atoms with Gasteiger partial charge in [-0.05, 0) is 48.0 Å². The summed E-state index contributed by atoms with van der Waals surface area (Å²) >= 11 is 6.04. The number of halogens is 2. The third-order valence-corrected chi connectivity index (χ3v) is 6.07. The molecule has 10 heteroatoms. The number of hydrogen-bond donors (Lipinski definition) is 3. The van der Waals surface area contributed by atoms with Crippen LogP contribution in [-0.4, -0.2) is 20.2 Å². The summed E-state index contributed by atoms with van der Waals surface area (Å²) in [6, 6.07) is 17.3. The van der Waals surface area contributed by atoms with Gasteiger partial charge in [0.25, 0.3) is 11.8 Å². The second-order valence-electron chi connectivity index (χ2n) is 6.37. The van der Waals surface area contributed by atoms with Gasteiger partial charge in [0, 0.05) is 17.7 Å². The molecular weight excluding hydrogens is 445 g/mol. The van der Waals surface area contributed by atoms with Crippen molar-refractivity contribution in [3.8, 4) is 0 Å². The zero-order chi connectivity index (χ0) is 22.4. The molecule has 3 aromatic rings. The van der Waals surface area contributed by atoms with Crippen molar-refractivity contribution in [2.24, 2.45) is 0 Å². The van der Waals surface area contributed by atoms with Crippen LogP contribution >= 0.6 is 11.6 Å². The zero-order valence-corrected chi connectivity index (χ0v) is 17.5. The molecule has 0 aliphatic rings. The molecule has 0 fully saturated rings. The molecule has 2 amide bonds. The molecule has 0 aromatic heterocycles. The summed E-state index contributed by atoms with van der Waals surface area (Å²) in [5, 5.41) is -0.0625. The number of hydrazine groups is 1. The second-order valence-corrected chi connectivity index (χ2v) is 8.51.